The summed E-state index contributed by atoms with van der Waals surface area (Å²) < 4.78 is 0. The second-order valence-corrected chi connectivity index (χ2v) is 3.70. The lowest BCUT2D eigenvalue weighted by Gasteiger charge is -2.18. The molecular formula is C11H15Cl2NO2. The third kappa shape index (κ3) is 4.84. The van der Waals surface area contributed by atoms with Gasteiger partial charge in [-0.1, -0.05) is 36.7 Å². The third-order valence-electron chi connectivity index (χ3n) is 2.16. The fraction of sp³-hybridized carbons (Fsp3) is 0.364. The summed E-state index contributed by atoms with van der Waals surface area (Å²) in [7, 11) is 0. The van der Waals surface area contributed by atoms with Crippen molar-refractivity contribution in [2.24, 2.45) is 0 Å². The second-order valence-electron chi connectivity index (χ2n) is 3.29. The molecule has 0 aliphatic carbocycles. The summed E-state index contributed by atoms with van der Waals surface area (Å²) in [6.07, 6.45) is 0. The van der Waals surface area contributed by atoms with Gasteiger partial charge in [-0.05, 0) is 18.2 Å². The zero-order valence-electron chi connectivity index (χ0n) is 9.02. The minimum Gasteiger partial charge on any atom is -0.480 e. The lowest BCUT2D eigenvalue weighted by molar-refractivity contribution is -0.138. The predicted octanol–water partition coefficient (Wildman–Crippen LogP) is 2.67. The summed E-state index contributed by atoms with van der Waals surface area (Å²) in [5.41, 5.74) is 0.960. The Balaban J connectivity index is 0.00000225. The number of hydrogen-bond donors (Lipinski definition) is 1. The van der Waals surface area contributed by atoms with Gasteiger partial charge in [-0.25, -0.2) is 0 Å². The van der Waals surface area contributed by atoms with E-state index in [1.54, 1.807) is 0 Å². The lowest BCUT2D eigenvalue weighted by Crippen LogP contribution is -2.29. The molecule has 0 bridgehead atoms. The molecule has 90 valence electrons. The number of hydrogen-bond acceptors (Lipinski definition) is 2. The first-order valence-corrected chi connectivity index (χ1v) is 5.18. The second kappa shape index (κ2) is 7.49. The van der Waals surface area contributed by atoms with Gasteiger partial charge in [0.25, 0.3) is 0 Å². The molecule has 0 saturated heterocycles. The molecule has 0 fully saturated rings. The van der Waals surface area contributed by atoms with Crippen molar-refractivity contribution in [3.05, 3.63) is 34.9 Å². The van der Waals surface area contributed by atoms with Crippen LogP contribution in [-0.2, 0) is 11.3 Å². The minimum atomic E-state index is -0.816. The molecule has 0 heterocycles. The van der Waals surface area contributed by atoms with E-state index >= 15 is 0 Å². The molecule has 0 unspecified atom stereocenters. The Kier molecular flexibility index (Phi) is 7.13. The van der Waals surface area contributed by atoms with Gasteiger partial charge >= 0.3 is 5.97 Å². The topological polar surface area (TPSA) is 40.5 Å². The van der Waals surface area contributed by atoms with E-state index in [4.69, 9.17) is 16.7 Å². The maximum Gasteiger partial charge on any atom is 0.317 e. The van der Waals surface area contributed by atoms with Crippen molar-refractivity contribution in [2.45, 2.75) is 13.5 Å². The predicted molar refractivity (Wildman–Crippen MR) is 67.3 cm³/mol. The molecule has 0 radical (unpaired) electrons. The number of benzene rings is 1. The fourth-order valence-corrected chi connectivity index (χ4v) is 1.53. The molecule has 0 saturated carbocycles. The monoisotopic (exact) mass is 263 g/mol. The number of carbonyl (C=O) groups is 1. The zero-order chi connectivity index (χ0) is 11.3. The van der Waals surface area contributed by atoms with Gasteiger partial charge < -0.3 is 5.11 Å². The maximum absolute atomic E-state index is 10.6. The Labute approximate surface area is 106 Å². The summed E-state index contributed by atoms with van der Waals surface area (Å²) in [6, 6.07) is 7.48. The first-order valence-electron chi connectivity index (χ1n) is 4.81. The van der Waals surface area contributed by atoms with Crippen LogP contribution in [0.1, 0.15) is 12.5 Å². The van der Waals surface area contributed by atoms with Crippen LogP contribution in [0.2, 0.25) is 5.02 Å². The number of halogens is 2. The Morgan fingerprint density at radius 1 is 1.44 bits per heavy atom. The molecule has 0 aromatic heterocycles. The Morgan fingerprint density at radius 3 is 2.56 bits per heavy atom. The number of rotatable bonds is 5. The molecule has 1 aromatic carbocycles. The standard InChI is InChI=1S/C11H14ClNO2.ClH/c1-2-13(8-11(14)15)7-9-5-3-4-6-10(9)12;/h3-6H,2,7-8H2,1H3,(H,14,15);1H. The van der Waals surface area contributed by atoms with Gasteiger partial charge in [-0.3, -0.25) is 9.69 Å². The van der Waals surface area contributed by atoms with E-state index in [0.29, 0.717) is 18.1 Å². The molecule has 0 spiro atoms. The molecule has 3 nitrogen and oxygen atoms in total. The van der Waals surface area contributed by atoms with Crippen LogP contribution in [0.4, 0.5) is 0 Å². The van der Waals surface area contributed by atoms with Gasteiger partial charge in [-0.15, -0.1) is 12.4 Å². The van der Waals surface area contributed by atoms with Crippen LogP contribution < -0.4 is 0 Å². The first-order chi connectivity index (χ1) is 7.13. The summed E-state index contributed by atoms with van der Waals surface area (Å²) in [5, 5.41) is 9.37. The van der Waals surface area contributed by atoms with Crippen molar-refractivity contribution < 1.29 is 9.90 Å². The van der Waals surface area contributed by atoms with E-state index in [0.717, 1.165) is 5.56 Å². The SMILES string of the molecule is CCN(CC(=O)O)Cc1ccccc1Cl.Cl. The van der Waals surface area contributed by atoms with Crippen LogP contribution in [0, 0.1) is 0 Å². The van der Waals surface area contributed by atoms with E-state index in [9.17, 15) is 4.79 Å². The van der Waals surface area contributed by atoms with Gasteiger partial charge in [0.05, 0.1) is 6.54 Å². The third-order valence-corrected chi connectivity index (χ3v) is 2.53. The highest BCUT2D eigenvalue weighted by Gasteiger charge is 2.09. The summed E-state index contributed by atoms with van der Waals surface area (Å²) in [5.74, 6) is -0.816. The Morgan fingerprint density at radius 2 is 2.06 bits per heavy atom. The highest BCUT2D eigenvalue weighted by Crippen LogP contribution is 2.16. The average molecular weight is 264 g/mol. The largest absolute Gasteiger partial charge is 0.480 e. The molecule has 0 aliphatic rings. The van der Waals surface area contributed by atoms with Crippen LogP contribution in [-0.4, -0.2) is 29.1 Å². The van der Waals surface area contributed by atoms with E-state index in [2.05, 4.69) is 0 Å². The minimum absolute atomic E-state index is 0. The van der Waals surface area contributed by atoms with Gasteiger partial charge in [0, 0.05) is 11.6 Å². The number of nitrogens with zero attached hydrogens (tertiary/aromatic N) is 1. The van der Waals surface area contributed by atoms with Crippen LogP contribution in [0.3, 0.4) is 0 Å². The smallest absolute Gasteiger partial charge is 0.317 e. The zero-order valence-corrected chi connectivity index (χ0v) is 10.6. The van der Waals surface area contributed by atoms with Gasteiger partial charge in [-0.2, -0.15) is 0 Å². The Hall–Kier alpha value is -0.770. The molecule has 5 heteroatoms. The van der Waals surface area contributed by atoms with E-state index in [1.165, 1.54) is 0 Å². The number of aliphatic carboxylic acids is 1. The van der Waals surface area contributed by atoms with Crippen molar-refractivity contribution in [3.63, 3.8) is 0 Å². The highest BCUT2D eigenvalue weighted by molar-refractivity contribution is 6.31. The summed E-state index contributed by atoms with van der Waals surface area (Å²) in [6.45, 7) is 3.24. The molecule has 0 aliphatic heterocycles. The summed E-state index contributed by atoms with van der Waals surface area (Å²) >= 11 is 5.99. The van der Waals surface area contributed by atoms with E-state index < -0.39 is 5.97 Å². The highest BCUT2D eigenvalue weighted by atomic mass is 35.5. The van der Waals surface area contributed by atoms with Crippen LogP contribution >= 0.6 is 24.0 Å². The molecule has 0 atom stereocenters. The number of carboxylic acid groups (broad SMARTS) is 1. The molecular weight excluding hydrogens is 249 g/mol. The van der Waals surface area contributed by atoms with Gasteiger partial charge in [0.2, 0.25) is 0 Å². The van der Waals surface area contributed by atoms with Crippen molar-refractivity contribution in [3.8, 4) is 0 Å². The lowest BCUT2D eigenvalue weighted by atomic mass is 10.2. The quantitative estimate of drug-likeness (QED) is 0.888. The molecule has 0 amide bonds. The van der Waals surface area contributed by atoms with Crippen LogP contribution in [0.15, 0.2) is 24.3 Å². The average Bonchev–Trinajstić information content (AvgIpc) is 2.19. The Bertz CT molecular complexity index is 345. The number of likely N-dealkylation sites (N-methyl/N-ethyl adjacent to an activating group) is 1. The van der Waals surface area contributed by atoms with Crippen molar-refractivity contribution >= 4 is 30.0 Å². The molecule has 1 N–H and O–H groups in total. The molecule has 1 aromatic rings. The normalized spacial score (nSPS) is 9.94. The number of carboxylic acids is 1. The first kappa shape index (κ1) is 15.2. The van der Waals surface area contributed by atoms with Crippen molar-refractivity contribution in [1.82, 2.24) is 4.90 Å². The maximum atomic E-state index is 10.6. The molecule has 16 heavy (non-hydrogen) atoms. The summed E-state index contributed by atoms with van der Waals surface area (Å²) in [4.78, 5) is 12.4. The van der Waals surface area contributed by atoms with Crippen LogP contribution in [0.5, 0.6) is 0 Å². The van der Waals surface area contributed by atoms with E-state index in [-0.39, 0.29) is 19.0 Å². The van der Waals surface area contributed by atoms with Crippen molar-refractivity contribution in [1.29, 1.82) is 0 Å². The van der Waals surface area contributed by atoms with E-state index in [1.807, 2.05) is 36.1 Å². The molecule has 1 rings (SSSR count). The van der Waals surface area contributed by atoms with Crippen molar-refractivity contribution in [2.75, 3.05) is 13.1 Å². The van der Waals surface area contributed by atoms with Gasteiger partial charge in [0.15, 0.2) is 0 Å². The van der Waals surface area contributed by atoms with Crippen LogP contribution in [0.25, 0.3) is 0 Å². The van der Waals surface area contributed by atoms with Gasteiger partial charge in [0.1, 0.15) is 0 Å². The fourth-order valence-electron chi connectivity index (χ4n) is 1.34.